The van der Waals surface area contributed by atoms with Crippen LogP contribution in [0.4, 0.5) is 0 Å². The molecule has 0 aliphatic carbocycles. The molecule has 0 atom stereocenters. The van der Waals surface area contributed by atoms with Crippen LogP contribution in [0.25, 0.3) is 11.4 Å². The van der Waals surface area contributed by atoms with Crippen molar-refractivity contribution in [3.05, 3.63) is 22.0 Å². The van der Waals surface area contributed by atoms with Gasteiger partial charge in [-0.2, -0.15) is 4.98 Å². The highest BCUT2D eigenvalue weighted by Crippen LogP contribution is 2.46. The summed E-state index contributed by atoms with van der Waals surface area (Å²) < 4.78 is 17.5. The van der Waals surface area contributed by atoms with Crippen LogP contribution in [0.3, 0.4) is 0 Å². The number of nitrogens with zero attached hydrogens (tertiary/aromatic N) is 2. The molecule has 112 valence electrons. The number of rotatable bonds is 3. The summed E-state index contributed by atoms with van der Waals surface area (Å²) in [5.41, 5.74) is 7.40. The van der Waals surface area contributed by atoms with Crippen LogP contribution in [0.2, 0.25) is 0 Å². The molecular formula is C14H16BrN3O3. The van der Waals surface area contributed by atoms with E-state index >= 15 is 0 Å². The van der Waals surface area contributed by atoms with Crippen LogP contribution in [-0.4, -0.2) is 23.4 Å². The second kappa shape index (κ2) is 5.65. The number of halogens is 1. The van der Waals surface area contributed by atoms with E-state index in [0.29, 0.717) is 24.9 Å². The average molecular weight is 354 g/mol. The Morgan fingerprint density at radius 3 is 2.76 bits per heavy atom. The monoisotopic (exact) mass is 353 g/mol. The van der Waals surface area contributed by atoms with Crippen molar-refractivity contribution in [1.29, 1.82) is 0 Å². The number of aromatic nitrogens is 2. The Bertz CT molecular complexity index is 670. The summed E-state index contributed by atoms with van der Waals surface area (Å²) in [5.74, 6) is 2.62. The van der Waals surface area contributed by atoms with Gasteiger partial charge in [-0.1, -0.05) is 19.0 Å². The van der Waals surface area contributed by atoms with E-state index in [1.165, 1.54) is 0 Å². The summed E-state index contributed by atoms with van der Waals surface area (Å²) in [7, 11) is 0. The fraction of sp³-hybridized carbons (Fsp3) is 0.429. The highest BCUT2D eigenvalue weighted by Gasteiger charge is 2.27. The lowest BCUT2D eigenvalue weighted by Gasteiger charge is -2.25. The molecule has 0 saturated carbocycles. The van der Waals surface area contributed by atoms with Gasteiger partial charge in [0, 0.05) is 15.6 Å². The zero-order chi connectivity index (χ0) is 15.0. The van der Waals surface area contributed by atoms with Gasteiger partial charge in [0.25, 0.3) is 0 Å². The first kappa shape index (κ1) is 14.3. The largest absolute Gasteiger partial charge is 0.486 e. The minimum atomic E-state index is 0.214. The average Bonchev–Trinajstić information content (AvgIpc) is 2.94. The molecule has 21 heavy (non-hydrogen) atoms. The first-order chi connectivity index (χ1) is 10.1. The number of ether oxygens (including phenoxy) is 2. The molecule has 2 N–H and O–H groups in total. The summed E-state index contributed by atoms with van der Waals surface area (Å²) in [6.07, 6.45) is 0. The normalized spacial score (nSPS) is 13.8. The van der Waals surface area contributed by atoms with E-state index in [4.69, 9.17) is 19.7 Å². The molecule has 0 bridgehead atoms. The smallest absolute Gasteiger partial charge is 0.240 e. The van der Waals surface area contributed by atoms with Crippen LogP contribution >= 0.6 is 15.9 Å². The van der Waals surface area contributed by atoms with Crippen molar-refractivity contribution in [2.24, 2.45) is 5.73 Å². The molecule has 2 aromatic rings. The molecule has 0 unspecified atom stereocenters. The van der Waals surface area contributed by atoms with Gasteiger partial charge in [-0.15, -0.1) is 0 Å². The Morgan fingerprint density at radius 2 is 2.10 bits per heavy atom. The van der Waals surface area contributed by atoms with Gasteiger partial charge < -0.3 is 19.7 Å². The Balaban J connectivity index is 2.23. The molecule has 0 amide bonds. The minimum absolute atomic E-state index is 0.214. The van der Waals surface area contributed by atoms with Gasteiger partial charge in [0.2, 0.25) is 11.7 Å². The van der Waals surface area contributed by atoms with E-state index < -0.39 is 0 Å². The topological polar surface area (TPSA) is 83.4 Å². The highest BCUT2D eigenvalue weighted by atomic mass is 79.9. The predicted molar refractivity (Wildman–Crippen MR) is 80.4 cm³/mol. The molecule has 1 aliphatic rings. The lowest BCUT2D eigenvalue weighted by Crippen LogP contribution is -2.17. The standard InChI is InChI=1S/C14H16BrN3O3/c1-7(2)11-12(14-17-10(6-16)21-18-14)8(15)5-9-13(11)20-4-3-19-9/h5,7H,3-4,6,16H2,1-2H3. The van der Waals surface area contributed by atoms with Crippen molar-refractivity contribution in [2.45, 2.75) is 26.3 Å². The van der Waals surface area contributed by atoms with E-state index in [0.717, 1.165) is 27.1 Å². The zero-order valence-corrected chi connectivity index (χ0v) is 13.4. The van der Waals surface area contributed by atoms with Crippen molar-refractivity contribution >= 4 is 15.9 Å². The molecule has 1 aromatic heterocycles. The van der Waals surface area contributed by atoms with Crippen molar-refractivity contribution in [1.82, 2.24) is 10.1 Å². The molecule has 7 heteroatoms. The molecule has 0 radical (unpaired) electrons. The molecule has 6 nitrogen and oxygen atoms in total. The Morgan fingerprint density at radius 1 is 1.33 bits per heavy atom. The maximum absolute atomic E-state index is 5.81. The van der Waals surface area contributed by atoms with Gasteiger partial charge in [-0.25, -0.2) is 0 Å². The van der Waals surface area contributed by atoms with E-state index in [9.17, 15) is 0 Å². The zero-order valence-electron chi connectivity index (χ0n) is 11.9. The van der Waals surface area contributed by atoms with Crippen molar-refractivity contribution < 1.29 is 14.0 Å². The van der Waals surface area contributed by atoms with Gasteiger partial charge >= 0.3 is 0 Å². The molecule has 1 aromatic carbocycles. The third-order valence-corrected chi connectivity index (χ3v) is 3.89. The maximum Gasteiger partial charge on any atom is 0.240 e. The first-order valence-corrected chi connectivity index (χ1v) is 7.56. The molecular weight excluding hydrogens is 338 g/mol. The molecule has 1 aliphatic heterocycles. The van der Waals surface area contributed by atoms with Crippen molar-refractivity contribution in [3.63, 3.8) is 0 Å². The lowest BCUT2D eigenvalue weighted by atomic mass is 9.94. The lowest BCUT2D eigenvalue weighted by molar-refractivity contribution is 0.169. The van der Waals surface area contributed by atoms with Gasteiger partial charge in [0.1, 0.15) is 13.2 Å². The summed E-state index contributed by atoms with van der Waals surface area (Å²) in [6, 6.07) is 1.88. The number of benzene rings is 1. The third-order valence-electron chi connectivity index (χ3n) is 3.27. The Kier molecular flexibility index (Phi) is 3.86. The summed E-state index contributed by atoms with van der Waals surface area (Å²) in [4.78, 5) is 4.32. The van der Waals surface area contributed by atoms with Crippen LogP contribution in [-0.2, 0) is 6.54 Å². The van der Waals surface area contributed by atoms with Gasteiger partial charge in [0.05, 0.1) is 6.54 Å². The molecule has 0 spiro atoms. The predicted octanol–water partition coefficient (Wildman–Crippen LogP) is 2.85. The molecule has 3 rings (SSSR count). The number of fused-ring (bicyclic) bond motifs is 1. The Hall–Kier alpha value is -1.60. The first-order valence-electron chi connectivity index (χ1n) is 6.76. The van der Waals surface area contributed by atoms with Gasteiger partial charge in [0.15, 0.2) is 11.5 Å². The summed E-state index contributed by atoms with van der Waals surface area (Å²) in [6.45, 7) is 5.48. The fourth-order valence-electron chi connectivity index (χ4n) is 2.40. The number of hydrogen-bond donors (Lipinski definition) is 1. The van der Waals surface area contributed by atoms with E-state index in [1.807, 2.05) is 6.07 Å². The second-order valence-corrected chi connectivity index (χ2v) is 5.90. The van der Waals surface area contributed by atoms with Crippen LogP contribution in [0, 0.1) is 0 Å². The molecule has 0 fully saturated rings. The third kappa shape index (κ3) is 2.51. The van der Waals surface area contributed by atoms with Crippen LogP contribution in [0.15, 0.2) is 15.1 Å². The second-order valence-electron chi connectivity index (χ2n) is 5.04. The summed E-state index contributed by atoms with van der Waals surface area (Å²) in [5, 5.41) is 4.02. The van der Waals surface area contributed by atoms with Crippen LogP contribution < -0.4 is 15.2 Å². The maximum atomic E-state index is 5.81. The SMILES string of the molecule is CC(C)c1c2c(cc(Br)c1-c1noc(CN)n1)OCCO2. The van der Waals surface area contributed by atoms with E-state index in [1.54, 1.807) is 0 Å². The number of hydrogen-bond acceptors (Lipinski definition) is 6. The summed E-state index contributed by atoms with van der Waals surface area (Å²) >= 11 is 3.57. The van der Waals surface area contributed by atoms with Crippen molar-refractivity contribution in [3.8, 4) is 22.9 Å². The van der Waals surface area contributed by atoms with Gasteiger partial charge in [-0.3, -0.25) is 0 Å². The fourth-order valence-corrected chi connectivity index (χ4v) is 3.00. The van der Waals surface area contributed by atoms with Crippen molar-refractivity contribution in [2.75, 3.05) is 13.2 Å². The van der Waals surface area contributed by atoms with Gasteiger partial charge in [-0.05, 0) is 27.9 Å². The van der Waals surface area contributed by atoms with Crippen LogP contribution in [0.5, 0.6) is 11.5 Å². The molecule has 2 heterocycles. The van der Waals surface area contributed by atoms with Crippen LogP contribution in [0.1, 0.15) is 31.2 Å². The number of nitrogens with two attached hydrogens (primary N) is 1. The van der Waals surface area contributed by atoms with E-state index in [2.05, 4.69) is 39.9 Å². The quantitative estimate of drug-likeness (QED) is 0.913. The Labute approximate surface area is 130 Å². The van der Waals surface area contributed by atoms with E-state index in [-0.39, 0.29) is 12.5 Å². The minimum Gasteiger partial charge on any atom is -0.486 e. The molecule has 0 saturated heterocycles. The highest BCUT2D eigenvalue weighted by molar-refractivity contribution is 9.10.